The summed E-state index contributed by atoms with van der Waals surface area (Å²) in [4.78, 5) is 26.8. The van der Waals surface area contributed by atoms with Crippen molar-refractivity contribution in [3.8, 4) is 17.3 Å². The van der Waals surface area contributed by atoms with Crippen molar-refractivity contribution in [2.75, 3.05) is 13.7 Å². The Bertz CT molecular complexity index is 1510. The number of methoxy groups -OCH3 is 1. The molecule has 1 amide bonds. The van der Waals surface area contributed by atoms with Crippen LogP contribution in [0.25, 0.3) is 17.1 Å². The third-order valence-electron chi connectivity index (χ3n) is 5.72. The summed E-state index contributed by atoms with van der Waals surface area (Å²) in [6.07, 6.45) is 3.64. The Labute approximate surface area is 191 Å². The van der Waals surface area contributed by atoms with E-state index >= 15 is 0 Å². The van der Waals surface area contributed by atoms with E-state index in [1.54, 1.807) is 41.6 Å². The van der Waals surface area contributed by atoms with Crippen molar-refractivity contribution in [3.05, 3.63) is 77.8 Å². The van der Waals surface area contributed by atoms with E-state index in [2.05, 4.69) is 30.2 Å². The van der Waals surface area contributed by atoms with Crippen LogP contribution >= 0.6 is 0 Å². The van der Waals surface area contributed by atoms with Crippen LogP contribution in [0.2, 0.25) is 0 Å². The Morgan fingerprint density at radius 1 is 1.24 bits per heavy atom. The quantitative estimate of drug-likeness (QED) is 0.405. The normalized spacial score (nSPS) is 15.5. The average Bonchev–Trinajstić information content (AvgIpc) is 3.62. The second-order valence-electron chi connectivity index (χ2n) is 7.67. The number of H-pyrrole nitrogens is 1. The molecular formula is C22H17FN8O3. The summed E-state index contributed by atoms with van der Waals surface area (Å²) in [5, 5.41) is 12.3. The molecule has 0 saturated heterocycles. The van der Waals surface area contributed by atoms with Crippen LogP contribution in [0.3, 0.4) is 0 Å². The number of ether oxygens (including phenoxy) is 1. The molecule has 34 heavy (non-hydrogen) atoms. The van der Waals surface area contributed by atoms with Crippen LogP contribution in [0.15, 0.2) is 53.3 Å². The molecule has 5 aromatic rings. The zero-order chi connectivity index (χ0) is 23.2. The molecule has 1 aliphatic rings. The lowest BCUT2D eigenvalue weighted by Gasteiger charge is -2.32. The molecule has 0 fully saturated rings. The summed E-state index contributed by atoms with van der Waals surface area (Å²) in [6, 6.07) is 9.11. The molecule has 5 aromatic heterocycles. The van der Waals surface area contributed by atoms with Crippen molar-refractivity contribution in [1.82, 2.24) is 39.7 Å². The minimum atomic E-state index is -0.656. The maximum absolute atomic E-state index is 14.3. The van der Waals surface area contributed by atoms with Gasteiger partial charge in [-0.3, -0.25) is 4.79 Å². The first-order valence-corrected chi connectivity index (χ1v) is 10.4. The highest BCUT2D eigenvalue weighted by Gasteiger charge is 2.38. The number of halogens is 1. The van der Waals surface area contributed by atoms with Gasteiger partial charge in [-0.05, 0) is 30.3 Å². The van der Waals surface area contributed by atoms with Crippen LogP contribution in [-0.4, -0.2) is 59.2 Å². The van der Waals surface area contributed by atoms with Gasteiger partial charge in [0, 0.05) is 18.7 Å². The number of pyridine rings is 2. The predicted molar refractivity (Wildman–Crippen MR) is 114 cm³/mol. The molecule has 6 heterocycles. The van der Waals surface area contributed by atoms with E-state index in [0.717, 1.165) is 5.69 Å². The fraction of sp³-hybridized carbons (Fsp3) is 0.182. The minimum Gasteiger partial charge on any atom is -0.495 e. The molecule has 6 rings (SSSR count). The highest BCUT2D eigenvalue weighted by molar-refractivity contribution is 5.90. The van der Waals surface area contributed by atoms with Gasteiger partial charge in [-0.2, -0.15) is 9.49 Å². The lowest BCUT2D eigenvalue weighted by atomic mass is 9.99. The van der Waals surface area contributed by atoms with Crippen LogP contribution in [0, 0.1) is 5.95 Å². The van der Waals surface area contributed by atoms with Crippen LogP contribution < -0.4 is 4.74 Å². The van der Waals surface area contributed by atoms with E-state index in [0.29, 0.717) is 41.3 Å². The standard InChI is InChI=1S/C22H17FN8O3/c1-33-13-5-6-15(24-10-13)20-27-28-21(34-20)22(32)30-8-7-14-18(26-11-25-14)19(30)16-9-12-3-2-4-17(23)31(12)29-16/h2-6,9-11,19H,7-8H2,1H3,(H,25,26)/t19-/m0/s1. The lowest BCUT2D eigenvalue weighted by Crippen LogP contribution is -2.41. The number of aromatic amines is 1. The molecule has 0 spiro atoms. The first kappa shape index (κ1) is 20.0. The number of aromatic nitrogens is 7. The Balaban J connectivity index is 1.37. The molecular weight excluding hydrogens is 443 g/mol. The van der Waals surface area contributed by atoms with Gasteiger partial charge in [0.15, 0.2) is 0 Å². The Hall–Kier alpha value is -4.61. The van der Waals surface area contributed by atoms with E-state index in [1.807, 2.05) is 0 Å². The second-order valence-corrected chi connectivity index (χ2v) is 7.67. The van der Waals surface area contributed by atoms with Crippen LogP contribution in [0.4, 0.5) is 4.39 Å². The van der Waals surface area contributed by atoms with Gasteiger partial charge >= 0.3 is 11.8 Å². The number of carbonyl (C=O) groups excluding carboxylic acids is 1. The number of nitrogens with one attached hydrogen (secondary N) is 1. The maximum Gasteiger partial charge on any atom is 0.312 e. The minimum absolute atomic E-state index is 0.106. The van der Waals surface area contributed by atoms with E-state index in [9.17, 15) is 9.18 Å². The highest BCUT2D eigenvalue weighted by Crippen LogP contribution is 2.34. The fourth-order valence-corrected chi connectivity index (χ4v) is 4.09. The van der Waals surface area contributed by atoms with Crippen molar-refractivity contribution in [2.45, 2.75) is 12.5 Å². The van der Waals surface area contributed by atoms with Crippen molar-refractivity contribution < 1.29 is 18.3 Å². The summed E-state index contributed by atoms with van der Waals surface area (Å²) in [5.41, 5.74) is 2.98. The number of fused-ring (bicyclic) bond motifs is 2. The lowest BCUT2D eigenvalue weighted by molar-refractivity contribution is 0.0646. The average molecular weight is 460 g/mol. The number of rotatable bonds is 4. The van der Waals surface area contributed by atoms with E-state index in [4.69, 9.17) is 9.15 Å². The summed E-state index contributed by atoms with van der Waals surface area (Å²) in [7, 11) is 1.54. The van der Waals surface area contributed by atoms with Gasteiger partial charge in [0.1, 0.15) is 17.5 Å². The molecule has 0 bridgehead atoms. The maximum atomic E-state index is 14.3. The SMILES string of the molecule is COc1ccc(-c2nnc(C(=O)N3CCc4[nH]cnc4[C@@H]3c3cc4cccc(F)n4n3)o2)nc1. The molecule has 11 nitrogen and oxygen atoms in total. The first-order chi connectivity index (χ1) is 16.6. The number of carbonyl (C=O) groups is 1. The molecule has 1 N–H and O–H groups in total. The number of nitrogens with zero attached hydrogens (tertiary/aromatic N) is 7. The van der Waals surface area contributed by atoms with Crippen molar-refractivity contribution >= 4 is 11.4 Å². The molecule has 0 radical (unpaired) electrons. The van der Waals surface area contributed by atoms with Gasteiger partial charge in [0.05, 0.1) is 36.5 Å². The number of amides is 1. The summed E-state index contributed by atoms with van der Waals surface area (Å²) in [6.45, 7) is 0.355. The molecule has 12 heteroatoms. The van der Waals surface area contributed by atoms with Gasteiger partial charge < -0.3 is 19.0 Å². The monoisotopic (exact) mass is 460 g/mol. The van der Waals surface area contributed by atoms with Crippen LogP contribution in [0.5, 0.6) is 5.75 Å². The van der Waals surface area contributed by atoms with Crippen molar-refractivity contribution in [3.63, 3.8) is 0 Å². The molecule has 0 aliphatic carbocycles. The molecule has 1 atom stereocenters. The Morgan fingerprint density at radius 3 is 2.94 bits per heavy atom. The van der Waals surface area contributed by atoms with Gasteiger partial charge in [-0.25, -0.2) is 14.5 Å². The Kier molecular flexibility index (Phi) is 4.57. The second kappa shape index (κ2) is 7.76. The third-order valence-corrected chi connectivity index (χ3v) is 5.72. The fourth-order valence-electron chi connectivity index (χ4n) is 4.09. The van der Waals surface area contributed by atoms with E-state index in [-0.39, 0.29) is 11.8 Å². The van der Waals surface area contributed by atoms with Crippen molar-refractivity contribution in [2.24, 2.45) is 0 Å². The molecule has 0 unspecified atom stereocenters. The smallest absolute Gasteiger partial charge is 0.312 e. The zero-order valence-corrected chi connectivity index (χ0v) is 17.8. The molecule has 170 valence electrons. The van der Waals surface area contributed by atoms with Crippen LogP contribution in [0.1, 0.15) is 33.8 Å². The third kappa shape index (κ3) is 3.18. The number of hydrogen-bond donors (Lipinski definition) is 1. The summed E-state index contributed by atoms with van der Waals surface area (Å²) >= 11 is 0. The predicted octanol–water partition coefficient (Wildman–Crippen LogP) is 2.44. The highest BCUT2D eigenvalue weighted by atomic mass is 19.1. The zero-order valence-electron chi connectivity index (χ0n) is 17.8. The van der Waals surface area contributed by atoms with Gasteiger partial charge in [-0.1, -0.05) is 6.07 Å². The van der Waals surface area contributed by atoms with Crippen LogP contribution in [-0.2, 0) is 6.42 Å². The molecule has 0 aromatic carbocycles. The topological polar surface area (TPSA) is 127 Å². The number of imidazole rings is 1. The Morgan fingerprint density at radius 2 is 2.15 bits per heavy atom. The summed E-state index contributed by atoms with van der Waals surface area (Å²) < 4.78 is 26.2. The summed E-state index contributed by atoms with van der Waals surface area (Å²) in [5.74, 6) is -0.493. The van der Waals surface area contributed by atoms with E-state index < -0.39 is 17.9 Å². The van der Waals surface area contributed by atoms with Gasteiger partial charge in [0.25, 0.3) is 5.89 Å². The largest absolute Gasteiger partial charge is 0.495 e. The van der Waals surface area contributed by atoms with E-state index in [1.165, 1.54) is 23.9 Å². The van der Waals surface area contributed by atoms with Gasteiger partial charge in [-0.15, -0.1) is 10.2 Å². The first-order valence-electron chi connectivity index (χ1n) is 10.4. The number of hydrogen-bond acceptors (Lipinski definition) is 8. The van der Waals surface area contributed by atoms with Gasteiger partial charge in [0.2, 0.25) is 5.95 Å². The van der Waals surface area contributed by atoms with Crippen molar-refractivity contribution in [1.29, 1.82) is 0 Å². The molecule has 1 aliphatic heterocycles. The molecule has 0 saturated carbocycles.